The maximum atomic E-state index is 12.1. The zero-order valence-electron chi connectivity index (χ0n) is 7.23. The minimum absolute atomic E-state index is 0.245. The van der Waals surface area contributed by atoms with E-state index in [0.29, 0.717) is 11.1 Å². The Morgan fingerprint density at radius 1 is 1.38 bits per heavy atom. The number of carbonyl (C=O) groups excluding carboxylic acids is 1. The Labute approximate surface area is 74.1 Å². The van der Waals surface area contributed by atoms with Crippen LogP contribution in [0, 0.1) is 11.6 Å². The average molecular weight is 186 g/mol. The maximum absolute atomic E-state index is 12.1. The number of rotatable bonds is 0. The van der Waals surface area contributed by atoms with Gasteiger partial charge in [0.2, 0.25) is 0 Å². The summed E-state index contributed by atoms with van der Waals surface area (Å²) in [5.74, 6) is -1.66. The molecule has 2 aliphatic rings. The molecule has 0 aromatic carbocycles. The molecule has 0 saturated carbocycles. The van der Waals surface area contributed by atoms with Crippen LogP contribution in [-0.4, -0.2) is 13.1 Å². The van der Waals surface area contributed by atoms with Crippen LogP contribution < -0.4 is 0 Å². The number of esters is 1. The van der Waals surface area contributed by atoms with Crippen LogP contribution >= 0.6 is 0 Å². The lowest BCUT2D eigenvalue weighted by molar-refractivity contribution is -0.137. The first-order valence-electron chi connectivity index (χ1n) is 3.60. The number of hydrogen-bond acceptors (Lipinski definition) is 2. The fraction of sp³-hybridized carbons (Fsp3) is 0.222. The summed E-state index contributed by atoms with van der Waals surface area (Å²) in [6.45, 7) is 1.36. The van der Waals surface area contributed by atoms with Crippen molar-refractivity contribution in [2.24, 2.45) is 0 Å². The number of hydrogen-bond donors (Lipinski definition) is 0. The molecule has 0 N–H and O–H groups in total. The molecule has 0 aliphatic heterocycles. The van der Waals surface area contributed by atoms with Crippen LogP contribution in [0.5, 0.6) is 0 Å². The van der Waals surface area contributed by atoms with Crippen LogP contribution in [0.3, 0.4) is 0 Å². The van der Waals surface area contributed by atoms with E-state index in [0.717, 1.165) is 0 Å². The molecule has 0 atom stereocenters. The van der Waals surface area contributed by atoms with Gasteiger partial charge in [0.05, 0.1) is 7.11 Å². The van der Waals surface area contributed by atoms with Crippen molar-refractivity contribution in [1.82, 2.24) is 0 Å². The van der Waals surface area contributed by atoms with E-state index in [1.807, 2.05) is 0 Å². The molecule has 0 saturated heterocycles. The van der Waals surface area contributed by atoms with Gasteiger partial charge in [0, 0.05) is 12.5 Å². The molecule has 0 unspecified atom stereocenters. The van der Waals surface area contributed by atoms with Gasteiger partial charge in [-0.15, -0.1) is 0 Å². The lowest BCUT2D eigenvalue weighted by atomic mass is 10.5. The van der Waals surface area contributed by atoms with Crippen LogP contribution in [0.1, 0.15) is 6.92 Å². The van der Waals surface area contributed by atoms with Gasteiger partial charge < -0.3 is 4.74 Å². The third-order valence-electron chi connectivity index (χ3n) is 1.54. The third-order valence-corrected chi connectivity index (χ3v) is 1.54. The van der Waals surface area contributed by atoms with Gasteiger partial charge in [-0.05, 0) is 17.7 Å². The largest absolute Gasteiger partial charge is 0.469 e. The van der Waals surface area contributed by atoms with Crippen molar-refractivity contribution in [2.45, 2.75) is 6.92 Å². The van der Waals surface area contributed by atoms with Gasteiger partial charge in [-0.2, -0.15) is 0 Å². The van der Waals surface area contributed by atoms with E-state index >= 15 is 0 Å². The summed E-state index contributed by atoms with van der Waals surface area (Å²) in [7, 11) is 1.35. The lowest BCUT2D eigenvalue weighted by Gasteiger charge is -1.80. The van der Waals surface area contributed by atoms with Crippen molar-refractivity contribution >= 4 is 5.97 Å². The van der Waals surface area contributed by atoms with E-state index in [9.17, 15) is 13.6 Å². The molecule has 0 aromatic heterocycles. The molecule has 2 rings (SSSR count). The molecular formula is C9H8F2O2. The van der Waals surface area contributed by atoms with E-state index in [2.05, 4.69) is 4.74 Å². The highest BCUT2D eigenvalue weighted by atomic mass is 19.2. The topological polar surface area (TPSA) is 26.3 Å². The summed E-state index contributed by atoms with van der Waals surface area (Å²) in [6.07, 6.45) is 0. The first kappa shape index (κ1) is 9.64. The number of methoxy groups -OCH3 is 1. The predicted molar refractivity (Wildman–Crippen MR) is 43.0 cm³/mol. The number of carbonyl (C=O) groups is 1. The maximum Gasteiger partial charge on any atom is 0.302 e. The Bertz CT molecular complexity index is 348. The van der Waals surface area contributed by atoms with Crippen LogP contribution in [0.25, 0.3) is 11.1 Å². The number of ether oxygens (including phenoxy) is 1. The Hall–Kier alpha value is -1.45. The molecule has 4 heteroatoms. The SMILES string of the molecule is COC(C)=O.Fc1cc2cc-2c1F. The van der Waals surface area contributed by atoms with Crippen LogP contribution in [0.15, 0.2) is 12.1 Å². The molecule has 0 spiro atoms. The number of benzene rings is 1. The molecule has 0 amide bonds. The van der Waals surface area contributed by atoms with E-state index in [1.54, 1.807) is 6.07 Å². The quantitative estimate of drug-likeness (QED) is 0.589. The predicted octanol–water partition coefficient (Wildman–Crippen LogP) is 2.12. The highest BCUT2D eigenvalue weighted by Crippen LogP contribution is 2.38. The second-order valence-electron chi connectivity index (χ2n) is 2.52. The molecule has 2 nitrogen and oxygen atoms in total. The normalized spacial score (nSPS) is 9.85. The number of halogens is 2. The van der Waals surface area contributed by atoms with Crippen molar-refractivity contribution in [2.75, 3.05) is 7.11 Å². The Kier molecular flexibility index (Phi) is 2.60. The summed E-state index contributed by atoms with van der Waals surface area (Å²) in [5, 5.41) is 0. The molecule has 0 bridgehead atoms. The molecule has 0 fully saturated rings. The first-order valence-corrected chi connectivity index (χ1v) is 3.60. The van der Waals surface area contributed by atoms with E-state index < -0.39 is 11.6 Å². The summed E-state index contributed by atoms with van der Waals surface area (Å²) in [6, 6.07) is 2.81. The molecular weight excluding hydrogens is 178 g/mol. The zero-order valence-corrected chi connectivity index (χ0v) is 7.23. The molecule has 0 radical (unpaired) electrons. The minimum Gasteiger partial charge on any atom is -0.469 e. The highest BCUT2D eigenvalue weighted by molar-refractivity contribution is 5.81. The average Bonchev–Trinajstić information content (AvgIpc) is 2.78. The second-order valence-corrected chi connectivity index (χ2v) is 2.52. The molecule has 2 aliphatic carbocycles. The van der Waals surface area contributed by atoms with Gasteiger partial charge in [0.1, 0.15) is 0 Å². The van der Waals surface area contributed by atoms with Crippen molar-refractivity contribution in [3.63, 3.8) is 0 Å². The van der Waals surface area contributed by atoms with Crippen LogP contribution in [0.4, 0.5) is 8.78 Å². The summed E-state index contributed by atoms with van der Waals surface area (Å²) >= 11 is 0. The Morgan fingerprint density at radius 3 is 2.08 bits per heavy atom. The molecule has 13 heavy (non-hydrogen) atoms. The van der Waals surface area contributed by atoms with Crippen LogP contribution in [0.2, 0.25) is 0 Å². The zero-order chi connectivity index (χ0) is 10.0. The second kappa shape index (κ2) is 3.51. The van der Waals surface area contributed by atoms with E-state index in [-0.39, 0.29) is 5.97 Å². The highest BCUT2D eigenvalue weighted by Gasteiger charge is 2.22. The van der Waals surface area contributed by atoms with Gasteiger partial charge in [0.15, 0.2) is 11.6 Å². The Balaban J connectivity index is 0.000000149. The van der Waals surface area contributed by atoms with Gasteiger partial charge in [0.25, 0.3) is 0 Å². The smallest absolute Gasteiger partial charge is 0.302 e. The summed E-state index contributed by atoms with van der Waals surface area (Å²) in [4.78, 5) is 9.59. The number of fused-ring (bicyclic) bond motifs is 1. The monoisotopic (exact) mass is 186 g/mol. The Morgan fingerprint density at radius 2 is 1.92 bits per heavy atom. The fourth-order valence-electron chi connectivity index (χ4n) is 0.757. The van der Waals surface area contributed by atoms with Crippen LogP contribution in [-0.2, 0) is 9.53 Å². The fourth-order valence-corrected chi connectivity index (χ4v) is 0.757. The lowest BCUT2D eigenvalue weighted by Crippen LogP contribution is -1.88. The summed E-state index contributed by atoms with van der Waals surface area (Å²) in [5.41, 5.74) is 1.16. The van der Waals surface area contributed by atoms with Crippen molar-refractivity contribution in [1.29, 1.82) is 0 Å². The van der Waals surface area contributed by atoms with Gasteiger partial charge in [-0.25, -0.2) is 8.78 Å². The van der Waals surface area contributed by atoms with Gasteiger partial charge >= 0.3 is 5.97 Å². The third kappa shape index (κ3) is 2.24. The van der Waals surface area contributed by atoms with Crippen molar-refractivity contribution in [3.05, 3.63) is 23.8 Å². The summed E-state index contributed by atoms with van der Waals surface area (Å²) < 4.78 is 28.2. The van der Waals surface area contributed by atoms with Crippen molar-refractivity contribution in [3.8, 4) is 11.1 Å². The van der Waals surface area contributed by atoms with E-state index in [4.69, 9.17) is 0 Å². The minimum atomic E-state index is -0.725. The van der Waals surface area contributed by atoms with Gasteiger partial charge in [-0.3, -0.25) is 4.79 Å². The van der Waals surface area contributed by atoms with Crippen molar-refractivity contribution < 1.29 is 18.3 Å². The molecule has 70 valence electrons. The molecule has 0 aromatic rings. The first-order chi connectivity index (χ1) is 6.06. The van der Waals surface area contributed by atoms with E-state index in [1.165, 1.54) is 20.1 Å². The molecule has 0 heterocycles. The van der Waals surface area contributed by atoms with Gasteiger partial charge in [-0.1, -0.05) is 0 Å². The standard InChI is InChI=1S/C6H2F2.C3H6O2/c7-5-2-3-1-4(3)6(5)8;1-3(4)5-2/h1-2H;1-2H3.